The van der Waals surface area contributed by atoms with Crippen LogP contribution >= 0.6 is 0 Å². The molecule has 0 aromatic carbocycles. The zero-order chi connectivity index (χ0) is 16.8. The van der Waals surface area contributed by atoms with Crippen LogP contribution in [0.4, 0.5) is 0 Å². The summed E-state index contributed by atoms with van der Waals surface area (Å²) in [5, 5.41) is 11.6. The molecule has 0 radical (unpaired) electrons. The third kappa shape index (κ3) is 4.45. The Balaban J connectivity index is 1.92. The highest BCUT2D eigenvalue weighted by molar-refractivity contribution is 5.91. The van der Waals surface area contributed by atoms with Crippen molar-refractivity contribution >= 4 is 17.8 Å². The molecule has 1 aliphatic heterocycles. The minimum absolute atomic E-state index is 0.0858. The van der Waals surface area contributed by atoms with Crippen molar-refractivity contribution in [1.82, 2.24) is 10.2 Å². The Labute approximate surface area is 133 Å². The number of nitrogens with one attached hydrogen (secondary N) is 1. The second-order valence-electron chi connectivity index (χ2n) is 5.46. The minimum atomic E-state index is -1.09. The van der Waals surface area contributed by atoms with Crippen LogP contribution in [-0.2, 0) is 20.9 Å². The zero-order valence-corrected chi connectivity index (χ0v) is 12.9. The van der Waals surface area contributed by atoms with Crippen molar-refractivity contribution in [1.29, 1.82) is 0 Å². The first-order chi connectivity index (χ1) is 11.0. The number of likely N-dealkylation sites (tertiary alicyclic amines) is 1. The van der Waals surface area contributed by atoms with E-state index in [1.807, 2.05) is 0 Å². The first kappa shape index (κ1) is 16.8. The summed E-state index contributed by atoms with van der Waals surface area (Å²) in [5.74, 6) is -1.52. The molecule has 0 aliphatic carbocycles. The van der Waals surface area contributed by atoms with Gasteiger partial charge >= 0.3 is 5.97 Å². The van der Waals surface area contributed by atoms with E-state index in [0.717, 1.165) is 0 Å². The molecule has 0 saturated carbocycles. The summed E-state index contributed by atoms with van der Waals surface area (Å²) in [4.78, 5) is 36.9. The Morgan fingerprint density at radius 1 is 1.57 bits per heavy atom. The summed E-state index contributed by atoms with van der Waals surface area (Å²) in [6.07, 6.45) is 5.24. The average Bonchev–Trinajstić information content (AvgIpc) is 3.14. The van der Waals surface area contributed by atoms with Gasteiger partial charge < -0.3 is 19.7 Å². The summed E-state index contributed by atoms with van der Waals surface area (Å²) in [6, 6.07) is 2.52. The fraction of sp³-hybridized carbons (Fsp3) is 0.438. The number of carbonyl (C=O) groups excluding carboxylic acids is 2. The summed E-state index contributed by atoms with van der Waals surface area (Å²) in [6.45, 7) is 2.36. The van der Waals surface area contributed by atoms with Crippen LogP contribution in [0.25, 0.3) is 0 Å². The van der Waals surface area contributed by atoms with Gasteiger partial charge in [-0.3, -0.25) is 9.59 Å². The molecule has 7 nitrogen and oxygen atoms in total. The van der Waals surface area contributed by atoms with Crippen LogP contribution in [-0.4, -0.2) is 40.4 Å². The lowest BCUT2D eigenvalue weighted by molar-refractivity contribution is -0.142. The van der Waals surface area contributed by atoms with Crippen molar-refractivity contribution in [2.45, 2.75) is 32.4 Å². The number of carbonyl (C=O) groups is 3. The molecule has 2 rings (SSSR count). The molecular formula is C16H20N2O5. The van der Waals surface area contributed by atoms with E-state index in [2.05, 4.69) is 5.32 Å². The van der Waals surface area contributed by atoms with Crippen molar-refractivity contribution in [3.8, 4) is 0 Å². The van der Waals surface area contributed by atoms with Gasteiger partial charge in [-0.2, -0.15) is 0 Å². The van der Waals surface area contributed by atoms with Crippen LogP contribution in [0.5, 0.6) is 0 Å². The van der Waals surface area contributed by atoms with Crippen LogP contribution in [0, 0.1) is 5.92 Å². The Kier molecular flexibility index (Phi) is 5.56. The maximum atomic E-state index is 12.2. The first-order valence-corrected chi connectivity index (χ1v) is 7.45. The van der Waals surface area contributed by atoms with Gasteiger partial charge in [0.2, 0.25) is 11.8 Å². The molecule has 2 amide bonds. The topological polar surface area (TPSA) is 99.9 Å². The molecule has 1 fully saturated rings. The van der Waals surface area contributed by atoms with Crippen LogP contribution in [0.1, 0.15) is 25.5 Å². The fourth-order valence-corrected chi connectivity index (χ4v) is 2.47. The molecule has 2 atom stereocenters. The van der Waals surface area contributed by atoms with E-state index in [1.54, 1.807) is 36.1 Å². The number of hydrogen-bond acceptors (Lipinski definition) is 4. The Hall–Kier alpha value is -2.57. The van der Waals surface area contributed by atoms with Crippen molar-refractivity contribution in [2.75, 3.05) is 6.54 Å². The number of allylic oxidation sites excluding steroid dienone is 1. The highest BCUT2D eigenvalue weighted by Gasteiger charge is 2.35. The smallest absolute Gasteiger partial charge is 0.326 e. The summed E-state index contributed by atoms with van der Waals surface area (Å²) >= 11 is 0. The number of carboxylic acid groups (broad SMARTS) is 1. The third-order valence-electron chi connectivity index (χ3n) is 3.73. The SMILES string of the molecule is C/C=C/CC(NC(=O)C1CC(=O)N(Cc2ccco2)C1)C(=O)O. The van der Waals surface area contributed by atoms with E-state index in [1.165, 1.54) is 6.26 Å². The Bertz CT molecular complexity index is 594. The average molecular weight is 320 g/mol. The quantitative estimate of drug-likeness (QED) is 0.735. The summed E-state index contributed by atoms with van der Waals surface area (Å²) in [5.41, 5.74) is 0. The van der Waals surface area contributed by atoms with E-state index in [0.29, 0.717) is 12.3 Å². The molecular weight excluding hydrogens is 300 g/mol. The largest absolute Gasteiger partial charge is 0.480 e. The van der Waals surface area contributed by atoms with Crippen LogP contribution in [0.3, 0.4) is 0 Å². The number of nitrogens with zero attached hydrogens (tertiary/aromatic N) is 1. The second-order valence-corrected chi connectivity index (χ2v) is 5.46. The standard InChI is InChI=1S/C16H20N2O5/c1-2-3-6-13(16(21)22)17-15(20)11-8-14(19)18(9-11)10-12-5-4-7-23-12/h2-5,7,11,13H,6,8-10H2,1H3,(H,17,20)(H,21,22)/b3-2+. The van der Waals surface area contributed by atoms with E-state index in [-0.39, 0.29) is 25.3 Å². The molecule has 1 aromatic heterocycles. The molecule has 2 N–H and O–H groups in total. The number of aliphatic carboxylic acids is 1. The van der Waals surface area contributed by atoms with Crippen LogP contribution < -0.4 is 5.32 Å². The molecule has 0 spiro atoms. The molecule has 124 valence electrons. The lowest BCUT2D eigenvalue weighted by Crippen LogP contribution is -2.44. The van der Waals surface area contributed by atoms with Gasteiger partial charge in [0.25, 0.3) is 0 Å². The first-order valence-electron chi connectivity index (χ1n) is 7.45. The van der Waals surface area contributed by atoms with E-state index in [4.69, 9.17) is 9.52 Å². The van der Waals surface area contributed by atoms with Gasteiger partial charge in [-0.25, -0.2) is 4.79 Å². The predicted octanol–water partition coefficient (Wildman–Crippen LogP) is 1.16. The molecule has 2 heterocycles. The second kappa shape index (κ2) is 7.62. The minimum Gasteiger partial charge on any atom is -0.480 e. The lowest BCUT2D eigenvalue weighted by atomic mass is 10.1. The van der Waals surface area contributed by atoms with Gasteiger partial charge in [0.15, 0.2) is 0 Å². The fourth-order valence-electron chi connectivity index (χ4n) is 2.47. The van der Waals surface area contributed by atoms with Crippen LogP contribution in [0.15, 0.2) is 35.0 Å². The number of carboxylic acids is 1. The predicted molar refractivity (Wildman–Crippen MR) is 81.2 cm³/mol. The van der Waals surface area contributed by atoms with Crippen molar-refractivity contribution in [3.05, 3.63) is 36.3 Å². The molecule has 0 bridgehead atoms. The third-order valence-corrected chi connectivity index (χ3v) is 3.73. The molecule has 7 heteroatoms. The molecule has 1 saturated heterocycles. The lowest BCUT2D eigenvalue weighted by Gasteiger charge is -2.17. The van der Waals surface area contributed by atoms with Crippen molar-refractivity contribution in [3.63, 3.8) is 0 Å². The van der Waals surface area contributed by atoms with Gasteiger partial charge in [0.05, 0.1) is 18.7 Å². The van der Waals surface area contributed by atoms with Gasteiger partial charge in [-0.1, -0.05) is 12.2 Å². The highest BCUT2D eigenvalue weighted by Crippen LogP contribution is 2.20. The Morgan fingerprint density at radius 3 is 2.96 bits per heavy atom. The van der Waals surface area contributed by atoms with Gasteiger partial charge in [0.1, 0.15) is 11.8 Å². The summed E-state index contributed by atoms with van der Waals surface area (Å²) < 4.78 is 5.20. The normalized spacial score (nSPS) is 19.3. The maximum Gasteiger partial charge on any atom is 0.326 e. The number of furan rings is 1. The van der Waals surface area contributed by atoms with Crippen molar-refractivity contribution < 1.29 is 23.9 Å². The maximum absolute atomic E-state index is 12.2. The molecule has 1 aromatic rings. The van der Waals surface area contributed by atoms with E-state index in [9.17, 15) is 14.4 Å². The summed E-state index contributed by atoms with van der Waals surface area (Å²) in [7, 11) is 0. The highest BCUT2D eigenvalue weighted by atomic mass is 16.4. The molecule has 23 heavy (non-hydrogen) atoms. The zero-order valence-electron chi connectivity index (χ0n) is 12.9. The van der Waals surface area contributed by atoms with Crippen molar-refractivity contribution in [2.24, 2.45) is 5.92 Å². The molecule has 2 unspecified atom stereocenters. The monoisotopic (exact) mass is 320 g/mol. The number of hydrogen-bond donors (Lipinski definition) is 2. The van der Waals surface area contributed by atoms with Gasteiger partial charge in [-0.15, -0.1) is 0 Å². The van der Waals surface area contributed by atoms with Gasteiger partial charge in [-0.05, 0) is 25.5 Å². The van der Waals surface area contributed by atoms with E-state index < -0.39 is 23.8 Å². The Morgan fingerprint density at radius 2 is 2.35 bits per heavy atom. The van der Waals surface area contributed by atoms with Gasteiger partial charge in [0, 0.05) is 13.0 Å². The molecule has 1 aliphatic rings. The van der Waals surface area contributed by atoms with E-state index >= 15 is 0 Å². The van der Waals surface area contributed by atoms with Crippen LogP contribution in [0.2, 0.25) is 0 Å². The number of rotatable bonds is 7. The number of amides is 2.